The van der Waals surface area contributed by atoms with Crippen LogP contribution in [0.3, 0.4) is 0 Å². The van der Waals surface area contributed by atoms with E-state index in [1.54, 1.807) is 0 Å². The van der Waals surface area contributed by atoms with E-state index in [4.69, 9.17) is 14.7 Å². The third-order valence-corrected chi connectivity index (χ3v) is 4.56. The van der Waals surface area contributed by atoms with E-state index in [0.29, 0.717) is 12.5 Å². The van der Waals surface area contributed by atoms with E-state index in [-0.39, 0.29) is 5.60 Å². The van der Waals surface area contributed by atoms with Gasteiger partial charge in [-0.25, -0.2) is 9.97 Å². The number of nitrogens with one attached hydrogen (secondary N) is 1. The first-order chi connectivity index (χ1) is 10.0. The van der Waals surface area contributed by atoms with Crippen LogP contribution in [0.2, 0.25) is 0 Å². The molecular weight excluding hydrogens is 262 g/mol. The monoisotopic (exact) mass is 291 g/mol. The summed E-state index contributed by atoms with van der Waals surface area (Å²) in [7, 11) is 1.96. The Morgan fingerprint density at radius 1 is 1.29 bits per heavy atom. The average Bonchev–Trinajstić information content (AvgIpc) is 2.43. The van der Waals surface area contributed by atoms with Crippen molar-refractivity contribution in [3.63, 3.8) is 0 Å². The summed E-state index contributed by atoms with van der Waals surface area (Å²) < 4.78 is 6.20. The zero-order chi connectivity index (χ0) is 15.5. The van der Waals surface area contributed by atoms with E-state index in [9.17, 15) is 0 Å². The van der Waals surface area contributed by atoms with Crippen LogP contribution in [0, 0.1) is 19.8 Å². The molecule has 2 rings (SSSR count). The second-order valence-electron chi connectivity index (χ2n) is 6.36. The molecule has 1 aliphatic carbocycles. The highest BCUT2D eigenvalue weighted by atomic mass is 16.5. The maximum absolute atomic E-state index is 6.20. The van der Waals surface area contributed by atoms with Gasteiger partial charge in [0.15, 0.2) is 5.82 Å². The van der Waals surface area contributed by atoms with Crippen LogP contribution in [-0.4, -0.2) is 23.6 Å². The van der Waals surface area contributed by atoms with Crippen molar-refractivity contribution in [2.75, 3.05) is 13.7 Å². The Labute approximate surface area is 128 Å². The minimum atomic E-state index is -0.278. The molecule has 0 spiro atoms. The molecule has 1 aliphatic rings. The van der Waals surface area contributed by atoms with E-state index < -0.39 is 0 Å². The lowest BCUT2D eigenvalue weighted by molar-refractivity contribution is -0.0883. The quantitative estimate of drug-likeness (QED) is 0.904. The lowest BCUT2D eigenvalue weighted by Crippen LogP contribution is -2.37. The predicted octanol–water partition coefficient (Wildman–Crippen LogP) is 3.25. The predicted molar refractivity (Wildman–Crippen MR) is 85.2 cm³/mol. The molecule has 1 heterocycles. The molecular formula is C17H29N3O. The second kappa shape index (κ2) is 6.84. The van der Waals surface area contributed by atoms with Crippen molar-refractivity contribution in [2.24, 2.45) is 5.92 Å². The van der Waals surface area contributed by atoms with Gasteiger partial charge < -0.3 is 10.1 Å². The third-order valence-electron chi connectivity index (χ3n) is 4.56. The Bertz CT molecular complexity index is 462. The van der Waals surface area contributed by atoms with E-state index in [1.165, 1.54) is 18.4 Å². The van der Waals surface area contributed by atoms with Crippen LogP contribution >= 0.6 is 0 Å². The van der Waals surface area contributed by atoms with E-state index >= 15 is 0 Å². The Balaban J connectivity index is 2.41. The molecule has 0 radical (unpaired) electrons. The summed E-state index contributed by atoms with van der Waals surface area (Å²) in [6.45, 7) is 10.1. The summed E-state index contributed by atoms with van der Waals surface area (Å²) in [6, 6.07) is 0. The molecule has 1 fully saturated rings. The van der Waals surface area contributed by atoms with Crippen LogP contribution in [0.15, 0.2) is 0 Å². The van der Waals surface area contributed by atoms with Crippen molar-refractivity contribution < 1.29 is 4.74 Å². The Morgan fingerprint density at radius 2 is 1.95 bits per heavy atom. The van der Waals surface area contributed by atoms with Gasteiger partial charge in [-0.1, -0.05) is 13.3 Å². The summed E-state index contributed by atoms with van der Waals surface area (Å²) in [6.07, 6.45) is 4.55. The molecule has 0 aromatic carbocycles. The van der Waals surface area contributed by atoms with Gasteiger partial charge in [-0.15, -0.1) is 0 Å². The highest BCUT2D eigenvalue weighted by Gasteiger charge is 2.40. The van der Waals surface area contributed by atoms with Crippen LogP contribution in [0.25, 0.3) is 0 Å². The minimum absolute atomic E-state index is 0.278. The molecule has 0 saturated heterocycles. The lowest BCUT2D eigenvalue weighted by Gasteiger charge is -2.38. The summed E-state index contributed by atoms with van der Waals surface area (Å²) in [4.78, 5) is 9.65. The van der Waals surface area contributed by atoms with E-state index in [0.717, 1.165) is 36.6 Å². The van der Waals surface area contributed by atoms with Gasteiger partial charge in [0, 0.05) is 30.1 Å². The van der Waals surface area contributed by atoms with Crippen LogP contribution in [0.5, 0.6) is 0 Å². The number of aromatic nitrogens is 2. The van der Waals surface area contributed by atoms with Crippen LogP contribution in [0.1, 0.15) is 62.3 Å². The van der Waals surface area contributed by atoms with Gasteiger partial charge in [-0.3, -0.25) is 0 Å². The zero-order valence-electron chi connectivity index (χ0n) is 14.1. The number of ether oxygens (including phenoxy) is 1. The van der Waals surface area contributed by atoms with Crippen LogP contribution in [0.4, 0.5) is 0 Å². The minimum Gasteiger partial charge on any atom is -0.367 e. The van der Waals surface area contributed by atoms with Gasteiger partial charge in [0.2, 0.25) is 0 Å². The fourth-order valence-corrected chi connectivity index (χ4v) is 3.55. The first-order valence-corrected chi connectivity index (χ1v) is 8.15. The van der Waals surface area contributed by atoms with Crippen molar-refractivity contribution in [2.45, 2.75) is 65.5 Å². The Hall–Kier alpha value is -1.00. The SMILES string of the molecule is CCOC1(c2nc(C)c(CNC)c(C)n2)CCCC(C)C1. The lowest BCUT2D eigenvalue weighted by atomic mass is 9.78. The largest absolute Gasteiger partial charge is 0.367 e. The standard InChI is InChI=1S/C17H29N3O/c1-6-21-17(9-7-8-12(2)10-17)16-19-13(3)15(11-18-5)14(4)20-16/h12,18H,6-11H2,1-5H3. The highest BCUT2D eigenvalue weighted by Crippen LogP contribution is 2.41. The topological polar surface area (TPSA) is 47.0 Å². The molecule has 4 heteroatoms. The second-order valence-corrected chi connectivity index (χ2v) is 6.36. The zero-order valence-corrected chi connectivity index (χ0v) is 14.1. The van der Waals surface area contributed by atoms with Crippen molar-refractivity contribution in [1.29, 1.82) is 0 Å². The van der Waals surface area contributed by atoms with Crippen LogP contribution in [-0.2, 0) is 16.9 Å². The van der Waals surface area contributed by atoms with Gasteiger partial charge in [-0.2, -0.15) is 0 Å². The van der Waals surface area contributed by atoms with Crippen molar-refractivity contribution in [3.05, 3.63) is 22.8 Å². The third kappa shape index (κ3) is 3.43. The summed E-state index contributed by atoms with van der Waals surface area (Å²) in [5.41, 5.74) is 3.07. The number of rotatable bonds is 5. The Kier molecular flexibility index (Phi) is 5.33. The van der Waals surface area contributed by atoms with Crippen molar-refractivity contribution in [1.82, 2.24) is 15.3 Å². The van der Waals surface area contributed by atoms with Gasteiger partial charge in [0.25, 0.3) is 0 Å². The van der Waals surface area contributed by atoms with E-state index in [2.05, 4.69) is 33.0 Å². The average molecular weight is 291 g/mol. The maximum atomic E-state index is 6.20. The number of hydrogen-bond donors (Lipinski definition) is 1. The molecule has 1 aromatic rings. The van der Waals surface area contributed by atoms with Gasteiger partial charge in [0.1, 0.15) is 5.60 Å². The first kappa shape index (κ1) is 16.4. The summed E-state index contributed by atoms with van der Waals surface area (Å²) in [5, 5.41) is 3.20. The summed E-state index contributed by atoms with van der Waals surface area (Å²) in [5.74, 6) is 1.57. The molecule has 2 atom stereocenters. The first-order valence-electron chi connectivity index (χ1n) is 8.15. The molecule has 0 aliphatic heterocycles. The van der Waals surface area contributed by atoms with Gasteiger partial charge in [-0.05, 0) is 53.0 Å². The molecule has 118 valence electrons. The number of nitrogens with zero attached hydrogens (tertiary/aromatic N) is 2. The summed E-state index contributed by atoms with van der Waals surface area (Å²) >= 11 is 0. The van der Waals surface area contributed by atoms with Gasteiger partial charge in [0.05, 0.1) is 0 Å². The Morgan fingerprint density at radius 3 is 2.48 bits per heavy atom. The maximum Gasteiger partial charge on any atom is 0.160 e. The molecule has 21 heavy (non-hydrogen) atoms. The number of aryl methyl sites for hydroxylation is 2. The fraction of sp³-hybridized carbons (Fsp3) is 0.765. The fourth-order valence-electron chi connectivity index (χ4n) is 3.55. The molecule has 1 saturated carbocycles. The molecule has 1 N–H and O–H groups in total. The molecule has 4 nitrogen and oxygen atoms in total. The van der Waals surface area contributed by atoms with Gasteiger partial charge >= 0.3 is 0 Å². The highest BCUT2D eigenvalue weighted by molar-refractivity contribution is 5.26. The smallest absolute Gasteiger partial charge is 0.160 e. The number of hydrogen-bond acceptors (Lipinski definition) is 4. The van der Waals surface area contributed by atoms with Crippen LogP contribution < -0.4 is 5.32 Å². The van der Waals surface area contributed by atoms with Crippen molar-refractivity contribution >= 4 is 0 Å². The van der Waals surface area contributed by atoms with Crippen molar-refractivity contribution in [3.8, 4) is 0 Å². The normalized spacial score (nSPS) is 26.0. The molecule has 2 unspecified atom stereocenters. The molecule has 1 aromatic heterocycles. The molecule has 0 amide bonds. The van der Waals surface area contributed by atoms with E-state index in [1.807, 2.05) is 7.05 Å². The molecule has 0 bridgehead atoms.